The third kappa shape index (κ3) is 6.23. The topological polar surface area (TPSA) is 152 Å². The van der Waals surface area contributed by atoms with Crippen LogP contribution in [-0.2, 0) is 32.5 Å². The summed E-state index contributed by atoms with van der Waals surface area (Å²) >= 11 is 6.31. The maximum atomic E-state index is 14.4. The van der Waals surface area contributed by atoms with E-state index in [1.807, 2.05) is 0 Å². The van der Waals surface area contributed by atoms with Crippen LogP contribution < -0.4 is 4.90 Å². The molecule has 2 aromatic rings. The van der Waals surface area contributed by atoms with E-state index in [0.29, 0.717) is 18.4 Å². The van der Waals surface area contributed by atoms with Crippen molar-refractivity contribution in [2.24, 2.45) is 0 Å². The molecule has 14 heteroatoms. The highest BCUT2D eigenvalue weighted by Crippen LogP contribution is 2.44. The summed E-state index contributed by atoms with van der Waals surface area (Å²) in [5.74, 6) is -1.32. The Kier molecular flexibility index (Phi) is 8.87. The number of amides is 1. The van der Waals surface area contributed by atoms with E-state index in [0.717, 1.165) is 5.56 Å². The van der Waals surface area contributed by atoms with E-state index in [2.05, 4.69) is 16.0 Å². The van der Waals surface area contributed by atoms with E-state index in [1.54, 1.807) is 31.7 Å². The minimum Gasteiger partial charge on any atom is -0.468 e. The lowest BCUT2D eigenvalue weighted by Gasteiger charge is -2.41. The van der Waals surface area contributed by atoms with Gasteiger partial charge in [0.2, 0.25) is 11.1 Å². The van der Waals surface area contributed by atoms with Gasteiger partial charge in [0.15, 0.2) is 0 Å². The number of nitrogens with zero attached hydrogens (tertiary/aromatic N) is 6. The molecule has 1 aromatic carbocycles. The molecule has 0 N–H and O–H groups in total. The Labute approximate surface area is 247 Å². The molecule has 0 spiro atoms. The second kappa shape index (κ2) is 12.1. The first-order chi connectivity index (χ1) is 19.8. The number of ether oxygens (including phenoxy) is 2. The Morgan fingerprint density at radius 1 is 1.31 bits per heavy atom. The van der Waals surface area contributed by atoms with Crippen molar-refractivity contribution in [3.05, 3.63) is 56.2 Å². The van der Waals surface area contributed by atoms with Crippen LogP contribution in [0.15, 0.2) is 18.2 Å². The van der Waals surface area contributed by atoms with Crippen LogP contribution >= 0.6 is 11.6 Å². The van der Waals surface area contributed by atoms with Crippen LogP contribution in [0.4, 0.5) is 20.7 Å². The maximum absolute atomic E-state index is 14.4. The number of carbonyl (C=O) groups excluding carboxylic acids is 2. The number of fused-ring (bicyclic) bond motifs is 1. The lowest BCUT2D eigenvalue weighted by molar-refractivity contribution is -0.385. The summed E-state index contributed by atoms with van der Waals surface area (Å²) in [5, 5.41) is 21.7. The lowest BCUT2D eigenvalue weighted by atomic mass is 9.67. The van der Waals surface area contributed by atoms with E-state index < -0.39 is 45.5 Å². The number of halogens is 2. The van der Waals surface area contributed by atoms with Crippen molar-refractivity contribution in [1.29, 1.82) is 5.26 Å². The molecular formula is C28H32ClFN6O6. The second-order valence-electron chi connectivity index (χ2n) is 11.4. The molecule has 0 saturated carbocycles. The van der Waals surface area contributed by atoms with Crippen molar-refractivity contribution in [2.45, 2.75) is 69.9 Å². The number of nitriles is 1. The number of carbonyl (C=O) groups is 2. The van der Waals surface area contributed by atoms with Gasteiger partial charge in [0.05, 0.1) is 36.0 Å². The SMILES string of the molecule is COC(=O)C1(Cc2nc(Cl)nc(N3CCN(C(=O)OC(C)(C)C)[C@@H](CC#N)C3)c2[N+](=O)[O-])CCCc2ccc(F)cc21. The number of nitro groups is 1. The van der Waals surface area contributed by atoms with Crippen molar-refractivity contribution in [2.75, 3.05) is 31.6 Å². The smallest absolute Gasteiger partial charge is 0.410 e. The average molecular weight is 603 g/mol. The van der Waals surface area contributed by atoms with E-state index in [-0.39, 0.29) is 55.7 Å². The van der Waals surface area contributed by atoms with Gasteiger partial charge < -0.3 is 19.3 Å². The quantitative estimate of drug-likeness (QED) is 0.200. The highest BCUT2D eigenvalue weighted by molar-refractivity contribution is 6.28. The zero-order chi connectivity index (χ0) is 30.8. The Morgan fingerprint density at radius 3 is 2.69 bits per heavy atom. The summed E-state index contributed by atoms with van der Waals surface area (Å²) in [7, 11) is 1.21. The van der Waals surface area contributed by atoms with Gasteiger partial charge in [-0.25, -0.2) is 14.2 Å². The molecule has 1 unspecified atom stereocenters. The number of benzene rings is 1. The number of anilines is 1. The minimum atomic E-state index is -1.44. The zero-order valence-corrected chi connectivity index (χ0v) is 24.6. The zero-order valence-electron chi connectivity index (χ0n) is 23.9. The van der Waals surface area contributed by atoms with E-state index in [1.165, 1.54) is 24.1 Å². The van der Waals surface area contributed by atoms with Gasteiger partial charge in [-0.05, 0) is 74.9 Å². The van der Waals surface area contributed by atoms with E-state index in [4.69, 9.17) is 21.1 Å². The number of esters is 1. The lowest BCUT2D eigenvalue weighted by Crippen LogP contribution is -2.56. The van der Waals surface area contributed by atoms with Crippen LogP contribution in [0.25, 0.3) is 0 Å². The Bertz CT molecular complexity index is 1440. The van der Waals surface area contributed by atoms with Gasteiger partial charge >= 0.3 is 17.7 Å². The predicted molar refractivity (Wildman–Crippen MR) is 150 cm³/mol. The molecule has 1 amide bonds. The molecular weight excluding hydrogens is 571 g/mol. The summed E-state index contributed by atoms with van der Waals surface area (Å²) in [6.45, 7) is 5.47. The molecule has 4 rings (SSSR count). The molecule has 224 valence electrons. The fourth-order valence-electron chi connectivity index (χ4n) is 5.75. The monoisotopic (exact) mass is 602 g/mol. The minimum absolute atomic E-state index is 0.0383. The number of methoxy groups -OCH3 is 1. The standard InChI is InChI=1S/C28H32ClFN6O6/c1-27(2,3)42-26(38)35-13-12-34(16-19(35)9-11-31)23-22(36(39)40)21(32-25(29)33-23)15-28(24(37)41-4)10-5-6-17-7-8-18(30)14-20(17)28/h7-8,14,19H,5-6,9-10,12-13,15-16H2,1-4H3/t19-,28?/m0/s1. The molecule has 1 aliphatic heterocycles. The maximum Gasteiger partial charge on any atom is 0.410 e. The molecule has 12 nitrogen and oxygen atoms in total. The summed E-state index contributed by atoms with van der Waals surface area (Å²) in [6.07, 6.45) is 0.499. The Hall–Kier alpha value is -4.05. The van der Waals surface area contributed by atoms with Crippen LogP contribution in [0.2, 0.25) is 5.28 Å². The van der Waals surface area contributed by atoms with Gasteiger partial charge in [0.1, 0.15) is 17.1 Å². The molecule has 0 bridgehead atoms. The van der Waals surface area contributed by atoms with E-state index in [9.17, 15) is 29.4 Å². The molecule has 0 radical (unpaired) electrons. The molecule has 42 heavy (non-hydrogen) atoms. The molecule has 2 atom stereocenters. The van der Waals surface area contributed by atoms with Crippen LogP contribution in [0.3, 0.4) is 0 Å². The molecule has 2 aliphatic rings. The van der Waals surface area contributed by atoms with Crippen molar-refractivity contribution < 1.29 is 28.4 Å². The van der Waals surface area contributed by atoms with Gasteiger partial charge in [-0.2, -0.15) is 10.2 Å². The van der Waals surface area contributed by atoms with Crippen molar-refractivity contribution in [3.63, 3.8) is 0 Å². The van der Waals surface area contributed by atoms with Gasteiger partial charge in [0, 0.05) is 26.1 Å². The average Bonchev–Trinajstić information content (AvgIpc) is 2.91. The summed E-state index contributed by atoms with van der Waals surface area (Å²) < 4.78 is 25.1. The molecule has 1 aliphatic carbocycles. The third-order valence-corrected chi connectivity index (χ3v) is 7.68. The fraction of sp³-hybridized carbons (Fsp3) is 0.536. The van der Waals surface area contributed by atoms with Gasteiger partial charge in [-0.15, -0.1) is 0 Å². The Morgan fingerprint density at radius 2 is 2.05 bits per heavy atom. The van der Waals surface area contributed by atoms with Gasteiger partial charge in [0.25, 0.3) is 0 Å². The first-order valence-corrected chi connectivity index (χ1v) is 13.9. The normalized spacial score (nSPS) is 20.4. The number of aryl methyl sites for hydroxylation is 1. The highest BCUT2D eigenvalue weighted by Gasteiger charge is 2.47. The fourth-order valence-corrected chi connectivity index (χ4v) is 5.94. The summed E-state index contributed by atoms with van der Waals surface area (Å²) in [6, 6.07) is 5.59. The van der Waals surface area contributed by atoms with E-state index >= 15 is 0 Å². The first kappa shape index (κ1) is 30.9. The largest absolute Gasteiger partial charge is 0.468 e. The van der Waals surface area contributed by atoms with Crippen molar-refractivity contribution in [3.8, 4) is 6.07 Å². The number of rotatable bonds is 6. The van der Waals surface area contributed by atoms with Crippen LogP contribution in [-0.4, -0.2) is 70.2 Å². The number of aromatic nitrogens is 2. The number of piperazine rings is 1. The molecule has 1 saturated heterocycles. The predicted octanol–water partition coefficient (Wildman–Crippen LogP) is 4.51. The molecule has 1 fully saturated rings. The summed E-state index contributed by atoms with van der Waals surface area (Å²) in [5.41, 5.74) is -1.63. The highest BCUT2D eigenvalue weighted by atomic mass is 35.5. The number of hydrogen-bond acceptors (Lipinski definition) is 10. The van der Waals surface area contributed by atoms with Gasteiger partial charge in [-0.1, -0.05) is 6.07 Å². The first-order valence-electron chi connectivity index (χ1n) is 13.5. The second-order valence-corrected chi connectivity index (χ2v) is 11.7. The van der Waals surface area contributed by atoms with Crippen molar-refractivity contribution >= 4 is 35.2 Å². The van der Waals surface area contributed by atoms with Crippen LogP contribution in [0, 0.1) is 27.3 Å². The number of hydrogen-bond donors (Lipinski definition) is 0. The van der Waals surface area contributed by atoms with Crippen molar-refractivity contribution in [1.82, 2.24) is 14.9 Å². The van der Waals surface area contributed by atoms with Gasteiger partial charge in [-0.3, -0.25) is 14.9 Å². The molecule has 1 aromatic heterocycles. The van der Waals surface area contributed by atoms with Crippen LogP contribution in [0.5, 0.6) is 0 Å². The summed E-state index contributed by atoms with van der Waals surface area (Å²) in [4.78, 5) is 49.5. The third-order valence-electron chi connectivity index (χ3n) is 7.51. The molecule has 2 heterocycles. The van der Waals surface area contributed by atoms with Crippen LogP contribution in [0.1, 0.15) is 56.9 Å². The Balaban J connectivity index is 1.77.